The summed E-state index contributed by atoms with van der Waals surface area (Å²) in [4.78, 5) is 29.9. The summed E-state index contributed by atoms with van der Waals surface area (Å²) < 4.78 is 0. The number of carbonyl (C=O) groups excluding carboxylic acids is 2. The van der Waals surface area contributed by atoms with Crippen molar-refractivity contribution in [2.45, 2.75) is 56.5 Å². The molecule has 8 heteroatoms. The summed E-state index contributed by atoms with van der Waals surface area (Å²) in [5.74, 6) is 1.53. The minimum absolute atomic E-state index is 0.0215. The topological polar surface area (TPSA) is 105 Å². The Kier molecular flexibility index (Phi) is 6.34. The lowest BCUT2D eigenvalue weighted by atomic mass is 9.97. The molecule has 1 aromatic rings. The van der Waals surface area contributed by atoms with Gasteiger partial charge in [-0.15, -0.1) is 5.10 Å². The molecule has 2 aliphatic rings. The molecule has 7 nitrogen and oxygen atoms in total. The largest absolute Gasteiger partial charge is 0.369 e. The van der Waals surface area contributed by atoms with E-state index in [1.165, 1.54) is 43.9 Å². The van der Waals surface area contributed by atoms with Crippen molar-refractivity contribution >= 4 is 23.6 Å². The molecule has 3 rings (SSSR count). The number of nitrogens with one attached hydrogen (secondary N) is 1. The van der Waals surface area contributed by atoms with Crippen LogP contribution < -0.4 is 5.73 Å². The van der Waals surface area contributed by atoms with E-state index in [4.69, 9.17) is 5.73 Å². The van der Waals surface area contributed by atoms with Crippen LogP contribution in [0.2, 0.25) is 0 Å². The summed E-state index contributed by atoms with van der Waals surface area (Å²) >= 11 is 1.35. The molecule has 2 fully saturated rings. The van der Waals surface area contributed by atoms with Crippen molar-refractivity contribution in [3.63, 3.8) is 0 Å². The van der Waals surface area contributed by atoms with Gasteiger partial charge in [-0.2, -0.15) is 0 Å². The zero-order chi connectivity index (χ0) is 17.6. The number of aryl methyl sites for hydroxylation is 1. The molecular formula is C17H27N5O2S. The molecule has 25 heavy (non-hydrogen) atoms. The molecule has 2 amide bonds. The molecule has 1 saturated carbocycles. The highest BCUT2D eigenvalue weighted by atomic mass is 32.2. The first-order valence-electron chi connectivity index (χ1n) is 9.23. The van der Waals surface area contributed by atoms with Crippen LogP contribution in [0.5, 0.6) is 0 Å². The smallest absolute Gasteiger partial charge is 0.233 e. The Balaban J connectivity index is 1.42. The molecule has 138 valence electrons. The molecular weight excluding hydrogens is 338 g/mol. The molecule has 1 saturated heterocycles. The van der Waals surface area contributed by atoms with E-state index in [9.17, 15) is 9.59 Å². The molecule has 0 bridgehead atoms. The second-order valence-electron chi connectivity index (χ2n) is 7.12. The zero-order valence-corrected chi connectivity index (χ0v) is 15.4. The summed E-state index contributed by atoms with van der Waals surface area (Å²) in [6.07, 6.45) is 9.10. The molecule has 0 aromatic carbocycles. The number of nitrogens with two attached hydrogens (primary N) is 1. The van der Waals surface area contributed by atoms with Gasteiger partial charge in [0.1, 0.15) is 5.82 Å². The average molecular weight is 366 g/mol. The molecule has 0 spiro atoms. The van der Waals surface area contributed by atoms with Gasteiger partial charge in [-0.3, -0.25) is 14.7 Å². The Bertz CT molecular complexity index is 600. The summed E-state index contributed by atoms with van der Waals surface area (Å²) in [6.45, 7) is 1.14. The average Bonchev–Trinajstić information content (AvgIpc) is 3.29. The Morgan fingerprint density at radius 2 is 2.04 bits per heavy atom. The van der Waals surface area contributed by atoms with Crippen LogP contribution in [0, 0.1) is 11.8 Å². The minimum Gasteiger partial charge on any atom is -0.369 e. The molecule has 2 heterocycles. The maximum Gasteiger partial charge on any atom is 0.233 e. The van der Waals surface area contributed by atoms with Gasteiger partial charge in [0.25, 0.3) is 0 Å². The third-order valence-electron chi connectivity index (χ3n) is 5.28. The monoisotopic (exact) mass is 365 g/mol. The molecule has 3 N–H and O–H groups in total. The Morgan fingerprint density at radius 3 is 2.80 bits per heavy atom. The van der Waals surface area contributed by atoms with E-state index in [1.54, 1.807) is 4.90 Å². The zero-order valence-electron chi connectivity index (χ0n) is 14.6. The molecule has 1 aliphatic heterocycles. The van der Waals surface area contributed by atoms with Gasteiger partial charge in [0, 0.05) is 19.5 Å². The summed E-state index contributed by atoms with van der Waals surface area (Å²) in [5, 5.41) is 7.81. The third kappa shape index (κ3) is 5.20. The second kappa shape index (κ2) is 8.69. The lowest BCUT2D eigenvalue weighted by molar-refractivity contribution is -0.132. The van der Waals surface area contributed by atoms with Gasteiger partial charge < -0.3 is 10.6 Å². The summed E-state index contributed by atoms with van der Waals surface area (Å²) in [5.41, 5.74) is 5.36. The molecule has 1 unspecified atom stereocenters. The normalized spacial score (nSPS) is 21.6. The lowest BCUT2D eigenvalue weighted by Crippen LogP contribution is -2.44. The minimum atomic E-state index is -0.314. The van der Waals surface area contributed by atoms with Crippen LogP contribution in [0.15, 0.2) is 5.16 Å². The van der Waals surface area contributed by atoms with Crippen molar-refractivity contribution in [2.75, 3.05) is 18.8 Å². The van der Waals surface area contributed by atoms with Crippen molar-refractivity contribution in [3.8, 4) is 0 Å². The molecule has 1 aliphatic carbocycles. The van der Waals surface area contributed by atoms with Gasteiger partial charge in [0.05, 0.1) is 11.7 Å². The SMILES string of the molecule is NC(=O)C1CCCN(C(=O)CSc2n[nH]c(CCC3CCCC3)n2)C1. The highest BCUT2D eigenvalue weighted by molar-refractivity contribution is 7.99. The lowest BCUT2D eigenvalue weighted by Gasteiger charge is -2.31. The number of H-pyrrole nitrogens is 1. The number of hydrogen-bond acceptors (Lipinski definition) is 5. The van der Waals surface area contributed by atoms with Crippen LogP contribution in [-0.4, -0.2) is 50.7 Å². The summed E-state index contributed by atoms with van der Waals surface area (Å²) in [6, 6.07) is 0. The Hall–Kier alpha value is -1.57. The fourth-order valence-corrected chi connectivity index (χ4v) is 4.47. The van der Waals surface area contributed by atoms with Crippen LogP contribution >= 0.6 is 11.8 Å². The van der Waals surface area contributed by atoms with E-state index in [2.05, 4.69) is 15.2 Å². The number of likely N-dealkylation sites (tertiary alicyclic amines) is 1. The maximum absolute atomic E-state index is 12.3. The van der Waals surface area contributed by atoms with Crippen LogP contribution in [-0.2, 0) is 16.0 Å². The fourth-order valence-electron chi connectivity index (χ4n) is 3.75. The Labute approximate surface area is 152 Å². The van der Waals surface area contributed by atoms with Crippen LogP contribution in [0.4, 0.5) is 0 Å². The highest BCUT2D eigenvalue weighted by Gasteiger charge is 2.27. The van der Waals surface area contributed by atoms with Crippen LogP contribution in [0.1, 0.15) is 50.8 Å². The van der Waals surface area contributed by atoms with E-state index in [-0.39, 0.29) is 17.7 Å². The van der Waals surface area contributed by atoms with Crippen LogP contribution in [0.3, 0.4) is 0 Å². The summed E-state index contributed by atoms with van der Waals surface area (Å²) in [7, 11) is 0. The third-order valence-corrected chi connectivity index (χ3v) is 6.11. The van der Waals surface area contributed by atoms with Gasteiger partial charge in [0.15, 0.2) is 0 Å². The van der Waals surface area contributed by atoms with Gasteiger partial charge >= 0.3 is 0 Å². The molecule has 1 atom stereocenters. The van der Waals surface area contributed by atoms with Gasteiger partial charge in [-0.05, 0) is 25.2 Å². The highest BCUT2D eigenvalue weighted by Crippen LogP contribution is 2.28. The molecule has 1 aromatic heterocycles. The van der Waals surface area contributed by atoms with Crippen molar-refractivity contribution in [1.82, 2.24) is 20.1 Å². The van der Waals surface area contributed by atoms with E-state index >= 15 is 0 Å². The van der Waals surface area contributed by atoms with Crippen molar-refractivity contribution in [1.29, 1.82) is 0 Å². The number of nitrogens with zero attached hydrogens (tertiary/aromatic N) is 3. The predicted molar refractivity (Wildman–Crippen MR) is 95.9 cm³/mol. The quantitative estimate of drug-likeness (QED) is 0.716. The fraction of sp³-hybridized carbons (Fsp3) is 0.765. The van der Waals surface area contributed by atoms with Crippen molar-refractivity contribution < 1.29 is 9.59 Å². The number of aromatic nitrogens is 3. The number of piperidine rings is 1. The van der Waals surface area contributed by atoms with E-state index < -0.39 is 0 Å². The first kappa shape index (κ1) is 18.2. The molecule has 0 radical (unpaired) electrons. The van der Waals surface area contributed by atoms with Crippen molar-refractivity contribution in [3.05, 3.63) is 5.82 Å². The number of thioether (sulfide) groups is 1. The number of hydrogen-bond donors (Lipinski definition) is 2. The van der Waals surface area contributed by atoms with Crippen molar-refractivity contribution in [2.24, 2.45) is 17.6 Å². The predicted octanol–water partition coefficient (Wildman–Crippen LogP) is 1.74. The first-order chi connectivity index (χ1) is 12.1. The van der Waals surface area contributed by atoms with Gasteiger partial charge in [-0.1, -0.05) is 37.4 Å². The standard InChI is InChI=1S/C17H27N5O2S/c18-16(24)13-6-3-9-22(10-13)15(23)11-25-17-19-14(20-21-17)8-7-12-4-1-2-5-12/h12-13H,1-11H2,(H2,18,24)(H,19,20,21). The number of aromatic amines is 1. The maximum atomic E-state index is 12.3. The van der Waals surface area contributed by atoms with E-state index in [1.807, 2.05) is 0 Å². The van der Waals surface area contributed by atoms with Crippen LogP contribution in [0.25, 0.3) is 0 Å². The van der Waals surface area contributed by atoms with Gasteiger partial charge in [0.2, 0.25) is 17.0 Å². The number of amides is 2. The number of rotatable bonds is 7. The van der Waals surface area contributed by atoms with E-state index in [0.717, 1.165) is 31.0 Å². The first-order valence-corrected chi connectivity index (χ1v) is 10.2. The Morgan fingerprint density at radius 1 is 1.24 bits per heavy atom. The number of primary amides is 1. The number of carbonyl (C=O) groups is 2. The second-order valence-corrected chi connectivity index (χ2v) is 8.07. The van der Waals surface area contributed by atoms with E-state index in [0.29, 0.717) is 24.0 Å². The van der Waals surface area contributed by atoms with Gasteiger partial charge in [-0.25, -0.2) is 4.98 Å².